The zero-order chi connectivity index (χ0) is 15.7. The van der Waals surface area contributed by atoms with Crippen molar-refractivity contribution in [3.63, 3.8) is 0 Å². The number of unbranched alkanes of at least 4 members (excludes halogenated alkanes) is 1. The quantitative estimate of drug-likeness (QED) is 0.850. The molecule has 1 aliphatic carbocycles. The molecule has 1 saturated carbocycles. The molecule has 3 unspecified atom stereocenters. The summed E-state index contributed by atoms with van der Waals surface area (Å²) in [6, 6.07) is 8.27. The predicted molar refractivity (Wildman–Crippen MR) is 86.6 cm³/mol. The molecule has 0 radical (unpaired) electrons. The average molecular weight is 300 g/mol. The lowest BCUT2D eigenvalue weighted by Crippen LogP contribution is -2.38. The van der Waals surface area contributed by atoms with Crippen LogP contribution in [0, 0.1) is 11.8 Å². The minimum Gasteiger partial charge on any atom is -0.356 e. The fourth-order valence-corrected chi connectivity index (χ4v) is 3.36. The first-order chi connectivity index (χ1) is 10.6. The minimum absolute atomic E-state index is 0.0481. The van der Waals surface area contributed by atoms with Crippen LogP contribution in [0.4, 0.5) is 5.69 Å². The van der Waals surface area contributed by atoms with Crippen LogP contribution in [-0.4, -0.2) is 24.4 Å². The van der Waals surface area contributed by atoms with Crippen LogP contribution in [0.15, 0.2) is 24.3 Å². The molecule has 22 heavy (non-hydrogen) atoms. The van der Waals surface area contributed by atoms with Gasteiger partial charge >= 0.3 is 0 Å². The number of nitrogens with zero attached hydrogens (tertiary/aromatic N) is 1. The summed E-state index contributed by atoms with van der Waals surface area (Å²) in [5.41, 5.74) is 2.25. The van der Waals surface area contributed by atoms with Crippen LogP contribution >= 0.6 is 0 Å². The van der Waals surface area contributed by atoms with Crippen molar-refractivity contribution in [1.29, 1.82) is 0 Å². The highest BCUT2D eigenvalue weighted by atomic mass is 16.2. The van der Waals surface area contributed by atoms with Gasteiger partial charge in [-0.25, -0.2) is 0 Å². The number of nitrogens with one attached hydrogen (secondary N) is 1. The summed E-state index contributed by atoms with van der Waals surface area (Å²) < 4.78 is 0. The maximum absolute atomic E-state index is 12.8. The Kier molecular flexibility index (Phi) is 4.19. The number of benzene rings is 1. The molecule has 3 atom stereocenters. The molecule has 1 aliphatic heterocycles. The van der Waals surface area contributed by atoms with Crippen LogP contribution in [0.2, 0.25) is 0 Å². The lowest BCUT2D eigenvalue weighted by atomic mass is 10.1. The molecule has 118 valence electrons. The van der Waals surface area contributed by atoms with Crippen LogP contribution in [-0.2, 0) is 16.0 Å². The summed E-state index contributed by atoms with van der Waals surface area (Å²) in [5, 5.41) is 2.94. The van der Waals surface area contributed by atoms with Gasteiger partial charge in [0.25, 0.3) is 0 Å². The summed E-state index contributed by atoms with van der Waals surface area (Å²) in [6.07, 6.45) is 3.66. The van der Waals surface area contributed by atoms with E-state index >= 15 is 0 Å². The van der Waals surface area contributed by atoms with Gasteiger partial charge in [0.2, 0.25) is 11.8 Å². The Morgan fingerprint density at radius 2 is 2.05 bits per heavy atom. The molecule has 0 bridgehead atoms. The van der Waals surface area contributed by atoms with Gasteiger partial charge < -0.3 is 10.2 Å². The van der Waals surface area contributed by atoms with E-state index in [0.717, 1.165) is 31.5 Å². The molecule has 0 saturated heterocycles. The molecule has 0 spiro atoms. The van der Waals surface area contributed by atoms with Crippen molar-refractivity contribution in [2.45, 2.75) is 45.6 Å². The van der Waals surface area contributed by atoms with Crippen LogP contribution in [0.25, 0.3) is 0 Å². The van der Waals surface area contributed by atoms with Crippen molar-refractivity contribution in [3.8, 4) is 0 Å². The van der Waals surface area contributed by atoms with Crippen molar-refractivity contribution in [2.24, 2.45) is 11.8 Å². The molecule has 1 aromatic carbocycles. The van der Waals surface area contributed by atoms with Crippen molar-refractivity contribution in [3.05, 3.63) is 29.8 Å². The number of hydrogen-bond acceptors (Lipinski definition) is 2. The highest BCUT2D eigenvalue weighted by Crippen LogP contribution is 2.43. The lowest BCUT2D eigenvalue weighted by Gasteiger charge is -2.23. The van der Waals surface area contributed by atoms with Gasteiger partial charge in [-0.2, -0.15) is 0 Å². The Labute approximate surface area is 131 Å². The van der Waals surface area contributed by atoms with Crippen molar-refractivity contribution in [2.75, 3.05) is 11.4 Å². The van der Waals surface area contributed by atoms with Gasteiger partial charge in [0.15, 0.2) is 0 Å². The lowest BCUT2D eigenvalue weighted by molar-refractivity contribution is -0.126. The van der Waals surface area contributed by atoms with Crippen molar-refractivity contribution in [1.82, 2.24) is 5.32 Å². The molecular formula is C18H24N2O2. The Hall–Kier alpha value is -1.84. The second kappa shape index (κ2) is 6.11. The number of carbonyl (C=O) groups excluding carboxylic acids is 2. The standard InChI is InChI=1S/C18H24N2O2/c1-3-4-9-19-17(21)14-11-15(14)18(22)20-12(2)10-13-7-5-6-8-16(13)20/h5-8,12,14-15H,3-4,9-11H2,1-2H3,(H,19,21). The Balaban J connectivity index is 1.63. The first-order valence-electron chi connectivity index (χ1n) is 8.32. The van der Waals surface area contributed by atoms with E-state index in [9.17, 15) is 9.59 Å². The largest absolute Gasteiger partial charge is 0.356 e. The Morgan fingerprint density at radius 3 is 2.82 bits per heavy atom. The molecule has 4 nitrogen and oxygen atoms in total. The highest BCUT2D eigenvalue weighted by Gasteiger charge is 2.51. The maximum Gasteiger partial charge on any atom is 0.231 e. The van der Waals surface area contributed by atoms with Gasteiger partial charge in [0.1, 0.15) is 0 Å². The van der Waals surface area contributed by atoms with Crippen LogP contribution < -0.4 is 10.2 Å². The van der Waals surface area contributed by atoms with E-state index in [1.165, 1.54) is 5.56 Å². The van der Waals surface area contributed by atoms with Gasteiger partial charge in [0, 0.05) is 18.3 Å². The van der Waals surface area contributed by atoms with E-state index in [-0.39, 0.29) is 29.7 Å². The first-order valence-corrected chi connectivity index (χ1v) is 8.32. The molecule has 3 rings (SSSR count). The SMILES string of the molecule is CCCCNC(=O)C1CC1C(=O)N1c2ccccc2CC1C. The van der Waals surface area contributed by atoms with E-state index < -0.39 is 0 Å². The molecule has 4 heteroatoms. The maximum atomic E-state index is 12.8. The van der Waals surface area contributed by atoms with Gasteiger partial charge in [-0.05, 0) is 37.8 Å². The van der Waals surface area contributed by atoms with Gasteiger partial charge in [-0.3, -0.25) is 9.59 Å². The van der Waals surface area contributed by atoms with Crippen LogP contribution in [0.5, 0.6) is 0 Å². The normalized spacial score (nSPS) is 25.7. The monoisotopic (exact) mass is 300 g/mol. The van der Waals surface area contributed by atoms with Gasteiger partial charge in [0.05, 0.1) is 11.8 Å². The molecular weight excluding hydrogens is 276 g/mol. The Bertz CT molecular complexity index is 584. The van der Waals surface area contributed by atoms with Crippen LogP contribution in [0.1, 0.15) is 38.7 Å². The average Bonchev–Trinajstić information content (AvgIpc) is 3.23. The molecule has 2 amide bonds. The van der Waals surface area contributed by atoms with E-state index in [4.69, 9.17) is 0 Å². The molecule has 1 fully saturated rings. The number of amides is 2. The van der Waals surface area contributed by atoms with Crippen molar-refractivity contribution >= 4 is 17.5 Å². The number of rotatable bonds is 5. The number of hydrogen-bond donors (Lipinski definition) is 1. The van der Waals surface area contributed by atoms with E-state index in [0.29, 0.717) is 6.42 Å². The number of para-hydroxylation sites is 1. The highest BCUT2D eigenvalue weighted by molar-refractivity contribution is 6.02. The third kappa shape index (κ3) is 2.74. The summed E-state index contributed by atoms with van der Waals surface area (Å²) in [6.45, 7) is 4.90. The predicted octanol–water partition coefficient (Wildman–Crippen LogP) is 2.52. The fourth-order valence-electron chi connectivity index (χ4n) is 3.36. The summed E-state index contributed by atoms with van der Waals surface area (Å²) in [4.78, 5) is 26.7. The summed E-state index contributed by atoms with van der Waals surface area (Å²) >= 11 is 0. The van der Waals surface area contributed by atoms with E-state index in [2.05, 4.69) is 25.2 Å². The van der Waals surface area contributed by atoms with Gasteiger partial charge in [-0.1, -0.05) is 31.5 Å². The molecule has 1 heterocycles. The summed E-state index contributed by atoms with van der Waals surface area (Å²) in [5.74, 6) is -0.0837. The second-order valence-electron chi connectivity index (χ2n) is 6.48. The zero-order valence-corrected chi connectivity index (χ0v) is 13.3. The number of fused-ring (bicyclic) bond motifs is 1. The van der Waals surface area contributed by atoms with E-state index in [1.807, 2.05) is 23.1 Å². The van der Waals surface area contributed by atoms with Crippen molar-refractivity contribution < 1.29 is 9.59 Å². The molecule has 1 aromatic rings. The topological polar surface area (TPSA) is 49.4 Å². The Morgan fingerprint density at radius 1 is 1.27 bits per heavy atom. The second-order valence-corrected chi connectivity index (χ2v) is 6.48. The number of anilines is 1. The fraction of sp³-hybridized carbons (Fsp3) is 0.556. The molecule has 2 aliphatic rings. The zero-order valence-electron chi connectivity index (χ0n) is 13.3. The van der Waals surface area contributed by atoms with Crippen LogP contribution in [0.3, 0.4) is 0 Å². The first kappa shape index (κ1) is 15.1. The summed E-state index contributed by atoms with van der Waals surface area (Å²) in [7, 11) is 0. The third-order valence-electron chi connectivity index (χ3n) is 4.72. The molecule has 0 aromatic heterocycles. The van der Waals surface area contributed by atoms with E-state index in [1.54, 1.807) is 0 Å². The molecule has 1 N–H and O–H groups in total. The number of carbonyl (C=O) groups is 2. The third-order valence-corrected chi connectivity index (χ3v) is 4.72. The van der Waals surface area contributed by atoms with Gasteiger partial charge in [-0.15, -0.1) is 0 Å². The minimum atomic E-state index is -0.129. The smallest absolute Gasteiger partial charge is 0.231 e.